The van der Waals surface area contributed by atoms with Crippen LogP contribution in [-0.2, 0) is 6.42 Å². The van der Waals surface area contributed by atoms with Crippen LogP contribution in [0.3, 0.4) is 0 Å². The number of anilines is 2. The number of amides is 1. The first-order valence-electron chi connectivity index (χ1n) is 9.77. The number of hydrogen-bond acceptors (Lipinski definition) is 5. The van der Waals surface area contributed by atoms with Gasteiger partial charge in [0.05, 0.1) is 11.3 Å². The fraction of sp³-hybridized carbons (Fsp3) is 0.217. The van der Waals surface area contributed by atoms with Crippen LogP contribution in [0.5, 0.6) is 0 Å². The van der Waals surface area contributed by atoms with Gasteiger partial charge < -0.3 is 15.2 Å². The summed E-state index contributed by atoms with van der Waals surface area (Å²) in [5, 5.41) is 3.14. The molecule has 1 aromatic heterocycles. The number of carbonyl (C=O) groups excluding carboxylic acids is 3. The Morgan fingerprint density at radius 3 is 2.39 bits per heavy atom. The molecule has 0 unspecified atom stereocenters. The summed E-state index contributed by atoms with van der Waals surface area (Å²) in [5.41, 5.74) is 2.97. The highest BCUT2D eigenvalue weighted by molar-refractivity contribution is 6.34. The lowest BCUT2D eigenvalue weighted by Crippen LogP contribution is -2.16. The monoisotopic (exact) mass is 438 g/mol. The second kappa shape index (κ2) is 9.57. The Bertz CT molecular complexity index is 1120. The van der Waals surface area contributed by atoms with E-state index in [2.05, 4.69) is 15.3 Å². The second-order valence-corrected chi connectivity index (χ2v) is 7.62. The fourth-order valence-corrected chi connectivity index (χ4v) is 3.31. The van der Waals surface area contributed by atoms with E-state index in [4.69, 9.17) is 11.6 Å². The molecular weight excluding hydrogens is 416 g/mol. The first-order chi connectivity index (χ1) is 14.8. The number of rotatable bonds is 8. The third-order valence-electron chi connectivity index (χ3n) is 4.80. The van der Waals surface area contributed by atoms with E-state index in [-0.39, 0.29) is 35.8 Å². The zero-order valence-electron chi connectivity index (χ0n) is 17.5. The highest BCUT2D eigenvalue weighted by Gasteiger charge is 2.19. The van der Waals surface area contributed by atoms with E-state index in [1.54, 1.807) is 43.3 Å². The molecule has 0 aliphatic rings. The minimum absolute atomic E-state index is 0.0905. The molecular formula is C23H23ClN4O3. The Balaban J connectivity index is 1.67. The number of halogens is 1. The molecule has 0 bridgehead atoms. The predicted octanol–water partition coefficient (Wildman–Crippen LogP) is 4.40. The van der Waals surface area contributed by atoms with Crippen LogP contribution in [0.1, 0.15) is 50.2 Å². The molecule has 2 aromatic carbocycles. The van der Waals surface area contributed by atoms with Crippen molar-refractivity contribution in [2.75, 3.05) is 24.3 Å². The maximum atomic E-state index is 12.7. The Morgan fingerprint density at radius 2 is 1.77 bits per heavy atom. The summed E-state index contributed by atoms with van der Waals surface area (Å²) in [6, 6.07) is 12.3. The zero-order valence-corrected chi connectivity index (χ0v) is 18.3. The molecule has 7 nitrogen and oxygen atoms in total. The molecule has 3 rings (SSSR count). The molecule has 3 aromatic rings. The molecule has 2 N–H and O–H groups in total. The Hall–Kier alpha value is -3.45. The van der Waals surface area contributed by atoms with Gasteiger partial charge in [0.25, 0.3) is 5.91 Å². The van der Waals surface area contributed by atoms with Crippen LogP contribution in [0.2, 0.25) is 5.02 Å². The van der Waals surface area contributed by atoms with E-state index >= 15 is 0 Å². The van der Waals surface area contributed by atoms with E-state index in [0.717, 1.165) is 11.3 Å². The van der Waals surface area contributed by atoms with Crippen molar-refractivity contribution in [1.29, 1.82) is 0 Å². The number of benzene rings is 2. The summed E-state index contributed by atoms with van der Waals surface area (Å²) in [5.74, 6) is -0.754. The summed E-state index contributed by atoms with van der Waals surface area (Å²) >= 11 is 6.28. The van der Waals surface area contributed by atoms with Gasteiger partial charge in [-0.2, -0.15) is 0 Å². The normalized spacial score (nSPS) is 10.6. The van der Waals surface area contributed by atoms with Gasteiger partial charge in [0.1, 0.15) is 11.4 Å². The van der Waals surface area contributed by atoms with Crippen molar-refractivity contribution in [2.45, 2.75) is 19.8 Å². The van der Waals surface area contributed by atoms with E-state index < -0.39 is 5.91 Å². The molecule has 0 radical (unpaired) electrons. The second-order valence-electron chi connectivity index (χ2n) is 7.21. The average Bonchev–Trinajstić information content (AvgIpc) is 3.24. The quantitative estimate of drug-likeness (QED) is 0.508. The van der Waals surface area contributed by atoms with Crippen LogP contribution in [0.4, 0.5) is 11.4 Å². The van der Waals surface area contributed by atoms with Crippen molar-refractivity contribution in [3.05, 3.63) is 76.3 Å². The molecule has 1 amide bonds. The summed E-state index contributed by atoms with van der Waals surface area (Å²) in [7, 11) is 3.81. The molecule has 160 valence electrons. The van der Waals surface area contributed by atoms with Crippen molar-refractivity contribution >= 4 is 40.4 Å². The minimum Gasteiger partial charge on any atom is -0.378 e. The van der Waals surface area contributed by atoms with Crippen molar-refractivity contribution in [3.8, 4) is 0 Å². The topological polar surface area (TPSA) is 95.2 Å². The third kappa shape index (κ3) is 5.19. The average molecular weight is 439 g/mol. The highest BCUT2D eigenvalue weighted by Crippen LogP contribution is 2.24. The number of hydrogen-bond donors (Lipinski definition) is 2. The molecule has 0 spiro atoms. The molecule has 0 saturated carbocycles. The molecule has 8 heteroatoms. The van der Waals surface area contributed by atoms with Crippen LogP contribution >= 0.6 is 11.6 Å². The van der Waals surface area contributed by atoms with Gasteiger partial charge in [0.15, 0.2) is 11.6 Å². The molecule has 0 saturated heterocycles. The fourth-order valence-electron chi connectivity index (χ4n) is 3.03. The third-order valence-corrected chi connectivity index (χ3v) is 5.11. The maximum Gasteiger partial charge on any atom is 0.274 e. The Morgan fingerprint density at radius 1 is 1.06 bits per heavy atom. The van der Waals surface area contributed by atoms with Crippen molar-refractivity contribution in [1.82, 2.24) is 9.97 Å². The molecule has 0 aliphatic carbocycles. The summed E-state index contributed by atoms with van der Waals surface area (Å²) in [6.45, 7) is 1.71. The van der Waals surface area contributed by atoms with E-state index in [1.165, 1.54) is 6.33 Å². The Labute approximate surface area is 185 Å². The van der Waals surface area contributed by atoms with Gasteiger partial charge >= 0.3 is 0 Å². The lowest BCUT2D eigenvalue weighted by atomic mass is 10.0. The number of carbonyl (C=O) groups is 3. The van der Waals surface area contributed by atoms with Crippen molar-refractivity contribution in [3.63, 3.8) is 0 Å². The minimum atomic E-state index is -0.453. The summed E-state index contributed by atoms with van der Waals surface area (Å²) < 4.78 is 0. The van der Waals surface area contributed by atoms with E-state index in [9.17, 15) is 14.4 Å². The zero-order chi connectivity index (χ0) is 22.5. The number of H-pyrrole nitrogens is 1. The van der Waals surface area contributed by atoms with Gasteiger partial charge in [-0.05, 0) is 35.9 Å². The van der Waals surface area contributed by atoms with Crippen LogP contribution < -0.4 is 10.2 Å². The van der Waals surface area contributed by atoms with Crippen molar-refractivity contribution in [2.24, 2.45) is 0 Å². The summed E-state index contributed by atoms with van der Waals surface area (Å²) in [6.07, 6.45) is 1.77. The number of imidazole rings is 1. The molecule has 31 heavy (non-hydrogen) atoms. The first-order valence-corrected chi connectivity index (χ1v) is 10.1. The number of Topliss-reactive ketones (excluding diaryl/α,β-unsaturated/α-hetero) is 2. The van der Waals surface area contributed by atoms with Gasteiger partial charge in [0, 0.05) is 43.9 Å². The van der Waals surface area contributed by atoms with Crippen LogP contribution in [0.25, 0.3) is 0 Å². The largest absolute Gasteiger partial charge is 0.378 e. The predicted molar refractivity (Wildman–Crippen MR) is 121 cm³/mol. The van der Waals surface area contributed by atoms with Gasteiger partial charge in [-0.15, -0.1) is 0 Å². The molecule has 0 fully saturated rings. The maximum absolute atomic E-state index is 12.7. The highest BCUT2D eigenvalue weighted by atomic mass is 35.5. The molecule has 0 aliphatic heterocycles. The smallest absolute Gasteiger partial charge is 0.274 e. The van der Waals surface area contributed by atoms with Gasteiger partial charge in [-0.3, -0.25) is 14.4 Å². The first kappa shape index (κ1) is 22.2. The molecule has 0 atom stereocenters. The van der Waals surface area contributed by atoms with E-state index in [0.29, 0.717) is 16.3 Å². The number of nitrogens with zero attached hydrogens (tertiary/aromatic N) is 2. The van der Waals surface area contributed by atoms with Crippen LogP contribution in [0.15, 0.2) is 48.8 Å². The lowest BCUT2D eigenvalue weighted by Gasteiger charge is -2.14. The van der Waals surface area contributed by atoms with Crippen LogP contribution in [0, 0.1) is 0 Å². The SMILES string of the molecule is CCC(=O)c1nc[nH]c1C(=O)Nc1ccc(CC(=O)c2ccc(N(C)C)cc2Cl)cc1. The van der Waals surface area contributed by atoms with Gasteiger partial charge in [-0.1, -0.05) is 30.7 Å². The number of aromatic amines is 1. The van der Waals surface area contributed by atoms with Gasteiger partial charge in [0.2, 0.25) is 0 Å². The number of ketones is 2. The standard InChI is InChI=1S/C23H23ClN4O3/c1-4-19(29)21-22(26-13-25-21)23(31)27-15-7-5-14(6-8-15)11-20(30)17-10-9-16(28(2)3)12-18(17)24/h5-10,12-13H,4,11H2,1-3H3,(H,25,26)(H,27,31). The lowest BCUT2D eigenvalue weighted by molar-refractivity contribution is 0.0963. The summed E-state index contributed by atoms with van der Waals surface area (Å²) in [4.78, 5) is 45.6. The number of nitrogens with one attached hydrogen (secondary N) is 2. The van der Waals surface area contributed by atoms with E-state index in [1.807, 2.05) is 25.1 Å². The number of aromatic nitrogens is 2. The van der Waals surface area contributed by atoms with Crippen LogP contribution in [-0.4, -0.2) is 41.5 Å². The molecule has 1 heterocycles. The Kier molecular flexibility index (Phi) is 6.87. The van der Waals surface area contributed by atoms with Crippen molar-refractivity contribution < 1.29 is 14.4 Å². The van der Waals surface area contributed by atoms with Gasteiger partial charge in [-0.25, -0.2) is 4.98 Å².